The summed E-state index contributed by atoms with van der Waals surface area (Å²) in [4.78, 5) is 5.83. The summed E-state index contributed by atoms with van der Waals surface area (Å²) in [6, 6.07) is 13.9. The molecule has 0 bridgehead atoms. The highest BCUT2D eigenvalue weighted by Crippen LogP contribution is 2.19. The maximum atomic E-state index is 4.59. The number of hydrogen-bond donors (Lipinski definition) is 1. The lowest BCUT2D eigenvalue weighted by Crippen LogP contribution is -2.22. The molecule has 5 heteroatoms. The van der Waals surface area contributed by atoms with E-state index < -0.39 is 0 Å². The predicted octanol–water partition coefficient (Wildman–Crippen LogP) is 2.36. The van der Waals surface area contributed by atoms with Crippen LogP contribution in [0.4, 0.5) is 0 Å². The predicted molar refractivity (Wildman–Crippen MR) is 81.1 cm³/mol. The molecule has 0 saturated carbocycles. The van der Waals surface area contributed by atoms with Gasteiger partial charge >= 0.3 is 0 Å². The standard InChI is InChI=1S/C16H17N5/c1-2-18-16(13-7-6-10-17-11-13)15-12-19-21(20-15)14-8-4-3-5-9-14/h3-12,16,18H,2H2,1H3. The summed E-state index contributed by atoms with van der Waals surface area (Å²) in [5, 5.41) is 12.4. The van der Waals surface area contributed by atoms with Gasteiger partial charge in [-0.1, -0.05) is 31.2 Å². The zero-order valence-corrected chi connectivity index (χ0v) is 11.8. The van der Waals surface area contributed by atoms with Gasteiger partial charge in [0.25, 0.3) is 0 Å². The van der Waals surface area contributed by atoms with E-state index in [4.69, 9.17) is 0 Å². The molecule has 0 radical (unpaired) electrons. The molecule has 1 unspecified atom stereocenters. The van der Waals surface area contributed by atoms with Gasteiger partial charge in [0.15, 0.2) is 0 Å². The molecular weight excluding hydrogens is 262 g/mol. The van der Waals surface area contributed by atoms with Crippen molar-refractivity contribution in [2.24, 2.45) is 0 Å². The number of aromatic nitrogens is 4. The van der Waals surface area contributed by atoms with Gasteiger partial charge in [-0.05, 0) is 30.3 Å². The van der Waals surface area contributed by atoms with E-state index in [-0.39, 0.29) is 6.04 Å². The summed E-state index contributed by atoms with van der Waals surface area (Å²) >= 11 is 0. The van der Waals surface area contributed by atoms with Crippen molar-refractivity contribution in [3.05, 3.63) is 72.3 Å². The summed E-state index contributed by atoms with van der Waals surface area (Å²) in [5.74, 6) is 0. The Labute approximate surface area is 123 Å². The third kappa shape index (κ3) is 2.98. The highest BCUT2D eigenvalue weighted by molar-refractivity contribution is 5.30. The Morgan fingerprint density at radius 1 is 1.10 bits per heavy atom. The average Bonchev–Trinajstić information content (AvgIpc) is 3.04. The summed E-state index contributed by atoms with van der Waals surface area (Å²) in [5.41, 5.74) is 2.92. The Morgan fingerprint density at radius 3 is 2.67 bits per heavy atom. The molecule has 1 N–H and O–H groups in total. The van der Waals surface area contributed by atoms with Crippen molar-refractivity contribution >= 4 is 0 Å². The molecule has 0 spiro atoms. The molecule has 21 heavy (non-hydrogen) atoms. The maximum absolute atomic E-state index is 4.59. The van der Waals surface area contributed by atoms with Crippen LogP contribution in [0.3, 0.4) is 0 Å². The fourth-order valence-corrected chi connectivity index (χ4v) is 2.24. The van der Waals surface area contributed by atoms with Crippen molar-refractivity contribution in [1.82, 2.24) is 25.3 Å². The molecule has 106 valence electrons. The highest BCUT2D eigenvalue weighted by Gasteiger charge is 2.17. The van der Waals surface area contributed by atoms with E-state index >= 15 is 0 Å². The molecular formula is C16H17N5. The van der Waals surface area contributed by atoms with Crippen LogP contribution in [-0.2, 0) is 0 Å². The van der Waals surface area contributed by atoms with E-state index in [0.717, 1.165) is 23.5 Å². The van der Waals surface area contributed by atoms with E-state index in [2.05, 4.69) is 27.4 Å². The van der Waals surface area contributed by atoms with Gasteiger partial charge in [-0.2, -0.15) is 15.0 Å². The first-order valence-electron chi connectivity index (χ1n) is 6.99. The quantitative estimate of drug-likeness (QED) is 0.779. The van der Waals surface area contributed by atoms with Crippen LogP contribution in [0, 0.1) is 0 Å². The second kappa shape index (κ2) is 6.28. The topological polar surface area (TPSA) is 55.6 Å². The third-order valence-corrected chi connectivity index (χ3v) is 3.22. The molecule has 0 aliphatic heterocycles. The Kier molecular flexibility index (Phi) is 4.02. The van der Waals surface area contributed by atoms with Crippen LogP contribution in [0.5, 0.6) is 0 Å². The molecule has 3 rings (SSSR count). The third-order valence-electron chi connectivity index (χ3n) is 3.22. The van der Waals surface area contributed by atoms with Crippen LogP contribution in [0.15, 0.2) is 61.1 Å². The number of rotatable bonds is 5. The van der Waals surface area contributed by atoms with E-state index in [0.29, 0.717) is 0 Å². The van der Waals surface area contributed by atoms with E-state index in [9.17, 15) is 0 Å². The maximum Gasteiger partial charge on any atom is 0.105 e. The molecule has 3 aromatic rings. The normalized spacial score (nSPS) is 12.2. The van der Waals surface area contributed by atoms with Gasteiger partial charge in [0.05, 0.1) is 17.9 Å². The first-order valence-corrected chi connectivity index (χ1v) is 6.99. The molecule has 0 aliphatic rings. The highest BCUT2D eigenvalue weighted by atomic mass is 15.5. The minimum atomic E-state index is 0.00108. The van der Waals surface area contributed by atoms with Gasteiger partial charge in [0.1, 0.15) is 5.69 Å². The number of para-hydroxylation sites is 1. The second-order valence-corrected chi connectivity index (χ2v) is 4.67. The lowest BCUT2D eigenvalue weighted by atomic mass is 10.1. The SMILES string of the molecule is CCNC(c1cccnc1)c1cnn(-c2ccccc2)n1. The zero-order valence-electron chi connectivity index (χ0n) is 11.8. The van der Waals surface area contributed by atoms with E-state index in [1.54, 1.807) is 17.2 Å². The lowest BCUT2D eigenvalue weighted by molar-refractivity contribution is 0.603. The number of nitrogens with one attached hydrogen (secondary N) is 1. The minimum Gasteiger partial charge on any atom is -0.305 e. The van der Waals surface area contributed by atoms with Crippen LogP contribution in [0.25, 0.3) is 5.69 Å². The van der Waals surface area contributed by atoms with Crippen LogP contribution in [0.2, 0.25) is 0 Å². The fraction of sp³-hybridized carbons (Fsp3) is 0.188. The first kappa shape index (κ1) is 13.5. The van der Waals surface area contributed by atoms with Crippen LogP contribution in [-0.4, -0.2) is 26.5 Å². The van der Waals surface area contributed by atoms with E-state index in [1.165, 1.54) is 0 Å². The summed E-state index contributed by atoms with van der Waals surface area (Å²) < 4.78 is 0. The Hall–Kier alpha value is -2.53. The number of benzene rings is 1. The summed E-state index contributed by atoms with van der Waals surface area (Å²) in [7, 11) is 0. The molecule has 5 nitrogen and oxygen atoms in total. The fourth-order valence-electron chi connectivity index (χ4n) is 2.24. The molecule has 0 fully saturated rings. The molecule has 0 saturated heterocycles. The zero-order chi connectivity index (χ0) is 14.5. The van der Waals surface area contributed by atoms with Crippen molar-refractivity contribution in [2.75, 3.05) is 6.54 Å². The number of hydrogen-bond acceptors (Lipinski definition) is 4. The first-order chi connectivity index (χ1) is 10.4. The van der Waals surface area contributed by atoms with Gasteiger partial charge in [0, 0.05) is 12.4 Å². The van der Waals surface area contributed by atoms with Crippen molar-refractivity contribution in [3.8, 4) is 5.69 Å². The minimum absolute atomic E-state index is 0.00108. The van der Waals surface area contributed by atoms with Crippen LogP contribution < -0.4 is 5.32 Å². The van der Waals surface area contributed by atoms with Crippen molar-refractivity contribution in [2.45, 2.75) is 13.0 Å². The van der Waals surface area contributed by atoms with Crippen LogP contribution in [0.1, 0.15) is 24.2 Å². The summed E-state index contributed by atoms with van der Waals surface area (Å²) in [6.45, 7) is 2.92. The Bertz CT molecular complexity index is 678. The van der Waals surface area contributed by atoms with Gasteiger partial charge in [-0.25, -0.2) is 0 Å². The van der Waals surface area contributed by atoms with E-state index in [1.807, 2.05) is 48.7 Å². The molecule has 1 aromatic carbocycles. The van der Waals surface area contributed by atoms with Gasteiger partial charge in [0.2, 0.25) is 0 Å². The Morgan fingerprint density at radius 2 is 1.95 bits per heavy atom. The smallest absolute Gasteiger partial charge is 0.105 e. The molecule has 0 amide bonds. The molecule has 2 heterocycles. The monoisotopic (exact) mass is 279 g/mol. The van der Waals surface area contributed by atoms with Crippen molar-refractivity contribution in [1.29, 1.82) is 0 Å². The van der Waals surface area contributed by atoms with Gasteiger partial charge in [-0.15, -0.1) is 0 Å². The summed E-state index contributed by atoms with van der Waals surface area (Å²) in [6.07, 6.45) is 5.43. The largest absolute Gasteiger partial charge is 0.305 e. The molecule has 2 aromatic heterocycles. The molecule has 0 aliphatic carbocycles. The molecule has 1 atom stereocenters. The van der Waals surface area contributed by atoms with Gasteiger partial charge in [-0.3, -0.25) is 4.98 Å². The number of pyridine rings is 1. The van der Waals surface area contributed by atoms with Gasteiger partial charge < -0.3 is 5.32 Å². The second-order valence-electron chi connectivity index (χ2n) is 4.67. The van der Waals surface area contributed by atoms with Crippen molar-refractivity contribution < 1.29 is 0 Å². The Balaban J connectivity index is 1.93. The lowest BCUT2D eigenvalue weighted by Gasteiger charge is -2.14. The average molecular weight is 279 g/mol. The van der Waals surface area contributed by atoms with Crippen LogP contribution >= 0.6 is 0 Å². The number of nitrogens with zero attached hydrogens (tertiary/aromatic N) is 4. The van der Waals surface area contributed by atoms with Crippen molar-refractivity contribution in [3.63, 3.8) is 0 Å².